The highest BCUT2D eigenvalue weighted by Gasteiger charge is 2.52. The lowest BCUT2D eigenvalue weighted by molar-refractivity contribution is 0.0184. The molecule has 148 valence electrons. The number of hydrogen-bond donors (Lipinski definition) is 2. The maximum Gasteiger partial charge on any atom is 0.166 e. The van der Waals surface area contributed by atoms with Crippen molar-refractivity contribution in [2.75, 3.05) is 20.8 Å². The van der Waals surface area contributed by atoms with Crippen LogP contribution in [0.1, 0.15) is 54.0 Å². The quantitative estimate of drug-likeness (QED) is 0.769. The molecule has 5 heteroatoms. The van der Waals surface area contributed by atoms with Gasteiger partial charge < -0.3 is 19.7 Å². The van der Waals surface area contributed by atoms with Crippen LogP contribution in [0.2, 0.25) is 0 Å². The Morgan fingerprint density at radius 1 is 1.00 bits per heavy atom. The third-order valence-corrected chi connectivity index (χ3v) is 7.08. The number of rotatable bonds is 2. The number of hydrogen-bond acceptors (Lipinski definition) is 5. The van der Waals surface area contributed by atoms with Gasteiger partial charge in [-0.25, -0.2) is 0 Å². The van der Waals surface area contributed by atoms with Crippen molar-refractivity contribution in [3.8, 4) is 23.0 Å². The topological polar surface area (TPSA) is 62.2 Å². The minimum absolute atomic E-state index is 0.0228. The van der Waals surface area contributed by atoms with Gasteiger partial charge >= 0.3 is 0 Å². The zero-order valence-corrected chi connectivity index (χ0v) is 16.5. The van der Waals surface area contributed by atoms with E-state index in [-0.39, 0.29) is 23.1 Å². The van der Waals surface area contributed by atoms with Gasteiger partial charge in [0.05, 0.1) is 19.8 Å². The highest BCUT2D eigenvalue weighted by Crippen LogP contribution is 2.58. The highest BCUT2D eigenvalue weighted by molar-refractivity contribution is 5.58. The Balaban J connectivity index is 1.73. The Kier molecular flexibility index (Phi) is 3.98. The molecule has 0 amide bonds. The fourth-order valence-electron chi connectivity index (χ4n) is 5.96. The van der Waals surface area contributed by atoms with Crippen LogP contribution >= 0.6 is 0 Å². The first-order valence-corrected chi connectivity index (χ1v) is 10.1. The Labute approximate surface area is 165 Å². The number of benzene rings is 2. The van der Waals surface area contributed by atoms with Crippen molar-refractivity contribution in [1.82, 2.24) is 4.90 Å². The van der Waals surface area contributed by atoms with E-state index >= 15 is 0 Å². The number of fused-ring (bicyclic) bond motifs is 6. The molecule has 1 unspecified atom stereocenters. The van der Waals surface area contributed by atoms with Crippen LogP contribution in [0.4, 0.5) is 0 Å². The van der Waals surface area contributed by atoms with Crippen molar-refractivity contribution in [3.63, 3.8) is 0 Å². The summed E-state index contributed by atoms with van der Waals surface area (Å²) in [4.78, 5) is 2.64. The number of phenolic OH excluding ortho intramolecular Hbond substituents is 2. The van der Waals surface area contributed by atoms with E-state index in [9.17, 15) is 10.2 Å². The standard InChI is InChI=1S/C23H27NO4/c1-27-20-6-5-15-11-17-16-13-19(26)18(25)12-14(16)7-10-24(17)23(8-3-4-9-23)21(15)22(20)28-2/h5-6,12-13,17,25-26H,3-4,7-11H2,1-2H3. The van der Waals surface area contributed by atoms with E-state index < -0.39 is 0 Å². The van der Waals surface area contributed by atoms with E-state index in [4.69, 9.17) is 9.47 Å². The summed E-state index contributed by atoms with van der Waals surface area (Å²) in [6.45, 7) is 0.946. The van der Waals surface area contributed by atoms with Gasteiger partial charge in [0.1, 0.15) is 0 Å². The predicted octanol–water partition coefficient (Wildman–Crippen LogP) is 4.04. The summed E-state index contributed by atoms with van der Waals surface area (Å²) in [7, 11) is 3.43. The third kappa shape index (κ3) is 2.29. The van der Waals surface area contributed by atoms with Crippen LogP contribution in [0.25, 0.3) is 0 Å². The molecule has 3 aliphatic rings. The molecule has 2 aromatic carbocycles. The summed E-state index contributed by atoms with van der Waals surface area (Å²) < 4.78 is 11.5. The first-order chi connectivity index (χ1) is 13.6. The van der Waals surface area contributed by atoms with Crippen LogP contribution in [0, 0.1) is 0 Å². The molecular weight excluding hydrogens is 354 g/mol. The van der Waals surface area contributed by atoms with Gasteiger partial charge in [-0.2, -0.15) is 0 Å². The minimum atomic E-state index is -0.0523. The Morgan fingerprint density at radius 3 is 2.46 bits per heavy atom. The van der Waals surface area contributed by atoms with Crippen LogP contribution in [0.15, 0.2) is 24.3 Å². The second-order valence-corrected chi connectivity index (χ2v) is 8.28. The van der Waals surface area contributed by atoms with Crippen LogP contribution in [0.5, 0.6) is 23.0 Å². The van der Waals surface area contributed by atoms with Crippen molar-refractivity contribution in [2.24, 2.45) is 0 Å². The average Bonchev–Trinajstić information content (AvgIpc) is 3.18. The van der Waals surface area contributed by atoms with E-state index in [1.165, 1.54) is 24.0 Å². The second kappa shape index (κ2) is 6.31. The Morgan fingerprint density at radius 2 is 1.75 bits per heavy atom. The summed E-state index contributed by atoms with van der Waals surface area (Å²) in [6, 6.07) is 7.92. The number of phenols is 2. The number of nitrogens with zero attached hydrogens (tertiary/aromatic N) is 1. The first-order valence-electron chi connectivity index (χ1n) is 10.1. The highest BCUT2D eigenvalue weighted by atomic mass is 16.5. The van der Waals surface area contributed by atoms with Crippen molar-refractivity contribution >= 4 is 0 Å². The lowest BCUT2D eigenvalue weighted by atomic mass is 9.72. The number of methoxy groups -OCH3 is 2. The summed E-state index contributed by atoms with van der Waals surface area (Å²) in [5, 5.41) is 20.1. The summed E-state index contributed by atoms with van der Waals surface area (Å²) in [6.07, 6.45) is 6.38. The fourth-order valence-corrected chi connectivity index (χ4v) is 5.96. The van der Waals surface area contributed by atoms with Crippen LogP contribution in [-0.2, 0) is 18.4 Å². The lowest BCUT2D eigenvalue weighted by Crippen LogP contribution is -2.53. The summed E-state index contributed by atoms with van der Waals surface area (Å²) >= 11 is 0. The van der Waals surface area contributed by atoms with Gasteiger partial charge in [0.25, 0.3) is 0 Å². The number of ether oxygens (including phenoxy) is 2. The second-order valence-electron chi connectivity index (χ2n) is 8.28. The largest absolute Gasteiger partial charge is 0.504 e. The van der Waals surface area contributed by atoms with Gasteiger partial charge in [-0.05, 0) is 60.6 Å². The van der Waals surface area contributed by atoms with Gasteiger partial charge in [0, 0.05) is 18.2 Å². The van der Waals surface area contributed by atoms with Gasteiger partial charge in [-0.3, -0.25) is 4.90 Å². The van der Waals surface area contributed by atoms with E-state index in [0.29, 0.717) is 0 Å². The number of aromatic hydroxyl groups is 2. The van der Waals surface area contributed by atoms with Gasteiger partial charge in [0.15, 0.2) is 23.0 Å². The van der Waals surface area contributed by atoms with E-state index in [1.54, 1.807) is 26.4 Å². The molecule has 28 heavy (non-hydrogen) atoms. The molecule has 2 aromatic rings. The summed E-state index contributed by atoms with van der Waals surface area (Å²) in [5.41, 5.74) is 4.85. The molecule has 1 fully saturated rings. The van der Waals surface area contributed by atoms with E-state index in [1.807, 2.05) is 6.07 Å². The SMILES string of the molecule is COc1ccc2c(c1OC)C1(CCCC1)N1CCc3cc(O)c(O)cc3C1C2. The molecule has 2 heterocycles. The van der Waals surface area contributed by atoms with Crippen molar-refractivity contribution in [3.05, 3.63) is 46.5 Å². The molecule has 1 atom stereocenters. The molecule has 5 nitrogen and oxygen atoms in total. The third-order valence-electron chi connectivity index (χ3n) is 7.08. The van der Waals surface area contributed by atoms with Crippen molar-refractivity contribution < 1.29 is 19.7 Å². The predicted molar refractivity (Wildman–Crippen MR) is 106 cm³/mol. The molecule has 2 aliphatic heterocycles. The minimum Gasteiger partial charge on any atom is -0.504 e. The fraction of sp³-hybridized carbons (Fsp3) is 0.478. The Hall–Kier alpha value is -2.40. The van der Waals surface area contributed by atoms with Crippen molar-refractivity contribution in [1.29, 1.82) is 0 Å². The molecule has 1 saturated carbocycles. The first kappa shape index (κ1) is 17.7. The van der Waals surface area contributed by atoms with Gasteiger partial charge in [-0.15, -0.1) is 0 Å². The molecule has 5 rings (SSSR count). The maximum absolute atomic E-state index is 10.2. The molecule has 0 saturated heterocycles. The van der Waals surface area contributed by atoms with Gasteiger partial charge in [0.2, 0.25) is 0 Å². The molecule has 1 aliphatic carbocycles. The smallest absolute Gasteiger partial charge is 0.166 e. The van der Waals surface area contributed by atoms with Crippen LogP contribution in [-0.4, -0.2) is 35.9 Å². The molecule has 1 spiro atoms. The lowest BCUT2D eigenvalue weighted by Gasteiger charge is -2.53. The summed E-state index contributed by atoms with van der Waals surface area (Å²) in [5.74, 6) is 1.62. The van der Waals surface area contributed by atoms with Crippen LogP contribution < -0.4 is 9.47 Å². The van der Waals surface area contributed by atoms with E-state index in [0.717, 1.165) is 54.9 Å². The van der Waals surface area contributed by atoms with E-state index in [2.05, 4.69) is 11.0 Å². The maximum atomic E-state index is 10.2. The molecule has 0 bridgehead atoms. The molecule has 0 radical (unpaired) electrons. The molecular formula is C23H27NO4. The van der Waals surface area contributed by atoms with Crippen molar-refractivity contribution in [2.45, 2.75) is 50.1 Å². The zero-order chi connectivity index (χ0) is 19.5. The monoisotopic (exact) mass is 381 g/mol. The zero-order valence-electron chi connectivity index (χ0n) is 16.5. The van der Waals surface area contributed by atoms with Gasteiger partial charge in [-0.1, -0.05) is 18.9 Å². The molecule has 0 aromatic heterocycles. The van der Waals surface area contributed by atoms with Crippen LogP contribution in [0.3, 0.4) is 0 Å². The normalized spacial score (nSPS) is 22.4. The Bertz CT molecular complexity index is 933. The average molecular weight is 381 g/mol. The molecule has 2 N–H and O–H groups in total.